The third kappa shape index (κ3) is 5.76. The summed E-state index contributed by atoms with van der Waals surface area (Å²) in [6.45, 7) is 2.17. The molecule has 0 saturated heterocycles. The van der Waals surface area contributed by atoms with Crippen LogP contribution in [0.25, 0.3) is 11.1 Å². The summed E-state index contributed by atoms with van der Waals surface area (Å²) >= 11 is 0. The maximum absolute atomic E-state index is 12.6. The van der Waals surface area contributed by atoms with Crippen LogP contribution in [-0.2, 0) is 14.3 Å². The Morgan fingerprint density at radius 2 is 1.62 bits per heavy atom. The van der Waals surface area contributed by atoms with Crippen LogP contribution in [0.1, 0.15) is 62.5 Å². The predicted molar refractivity (Wildman–Crippen MR) is 128 cm³/mol. The van der Waals surface area contributed by atoms with E-state index < -0.39 is 24.1 Å². The molecule has 2 aliphatic rings. The summed E-state index contributed by atoms with van der Waals surface area (Å²) in [6, 6.07) is 15.0. The zero-order valence-electron chi connectivity index (χ0n) is 19.5. The summed E-state index contributed by atoms with van der Waals surface area (Å²) in [4.78, 5) is 36.6. The van der Waals surface area contributed by atoms with Gasteiger partial charge >= 0.3 is 12.1 Å². The van der Waals surface area contributed by atoms with Crippen LogP contribution in [0.2, 0.25) is 0 Å². The van der Waals surface area contributed by atoms with Crippen molar-refractivity contribution < 1.29 is 24.2 Å². The van der Waals surface area contributed by atoms with E-state index >= 15 is 0 Å². The fraction of sp³-hybridized carbons (Fsp3) is 0.444. The molecule has 7 heteroatoms. The largest absolute Gasteiger partial charge is 0.480 e. The molecule has 2 aliphatic carbocycles. The Morgan fingerprint density at radius 3 is 2.18 bits per heavy atom. The SMILES string of the molecule is CCC[C@H](CC(=O)NC(CC1CC1)C(=O)O)NC(=O)OCC1c2ccccc2-c2ccccc21. The van der Waals surface area contributed by atoms with Crippen LogP contribution in [0.5, 0.6) is 0 Å². The van der Waals surface area contributed by atoms with Crippen molar-refractivity contribution in [3.8, 4) is 11.1 Å². The molecular formula is C27H32N2O5. The molecule has 7 nitrogen and oxygen atoms in total. The predicted octanol–water partition coefficient (Wildman–Crippen LogP) is 4.45. The lowest BCUT2D eigenvalue weighted by Crippen LogP contribution is -2.45. The van der Waals surface area contributed by atoms with Crippen molar-refractivity contribution in [2.24, 2.45) is 5.92 Å². The highest BCUT2D eigenvalue weighted by molar-refractivity contribution is 5.84. The Bertz CT molecular complexity index is 1000. The van der Waals surface area contributed by atoms with E-state index in [1.54, 1.807) is 0 Å². The molecule has 34 heavy (non-hydrogen) atoms. The van der Waals surface area contributed by atoms with Gasteiger partial charge < -0.3 is 20.5 Å². The number of hydrogen-bond acceptors (Lipinski definition) is 4. The standard InChI is InChI=1S/C27H32N2O5/c1-2-7-18(15-25(30)29-24(26(31)32)14-17-12-13-17)28-27(33)34-16-23-21-10-5-3-8-19(21)20-9-4-6-11-22(20)23/h3-6,8-11,17-18,23-24H,2,7,12-16H2,1H3,(H,28,33)(H,29,30)(H,31,32)/t18-,24?/m1/s1. The molecular weight excluding hydrogens is 432 g/mol. The molecule has 2 aromatic carbocycles. The normalized spacial score (nSPS) is 16.1. The number of aliphatic carboxylic acids is 1. The Hall–Kier alpha value is -3.35. The van der Waals surface area contributed by atoms with Gasteiger partial charge in [0.1, 0.15) is 12.6 Å². The lowest BCUT2D eigenvalue weighted by Gasteiger charge is -2.21. The Labute approximate surface area is 199 Å². The van der Waals surface area contributed by atoms with Gasteiger partial charge in [0.25, 0.3) is 0 Å². The summed E-state index contributed by atoms with van der Waals surface area (Å²) < 4.78 is 5.60. The summed E-state index contributed by atoms with van der Waals surface area (Å²) in [5.74, 6) is -1.04. The molecule has 1 fully saturated rings. The lowest BCUT2D eigenvalue weighted by atomic mass is 9.98. The van der Waals surface area contributed by atoms with Crippen molar-refractivity contribution in [1.82, 2.24) is 10.6 Å². The molecule has 0 spiro atoms. The number of benzene rings is 2. The van der Waals surface area contributed by atoms with E-state index in [1.807, 2.05) is 31.2 Å². The minimum Gasteiger partial charge on any atom is -0.480 e. The third-order valence-corrected chi connectivity index (χ3v) is 6.63. The molecule has 1 saturated carbocycles. The van der Waals surface area contributed by atoms with Crippen molar-refractivity contribution in [3.05, 3.63) is 59.7 Å². The molecule has 0 bridgehead atoms. The van der Waals surface area contributed by atoms with E-state index in [0.717, 1.165) is 41.5 Å². The second-order valence-corrected chi connectivity index (χ2v) is 9.30. The molecule has 0 radical (unpaired) electrons. The molecule has 2 atom stereocenters. The van der Waals surface area contributed by atoms with Gasteiger partial charge in [-0.05, 0) is 41.0 Å². The van der Waals surface area contributed by atoms with E-state index in [1.165, 1.54) is 0 Å². The highest BCUT2D eigenvalue weighted by Crippen LogP contribution is 2.44. The van der Waals surface area contributed by atoms with Crippen molar-refractivity contribution in [2.45, 2.75) is 63.5 Å². The smallest absolute Gasteiger partial charge is 0.407 e. The van der Waals surface area contributed by atoms with Gasteiger partial charge in [-0.3, -0.25) is 4.79 Å². The van der Waals surface area contributed by atoms with E-state index in [-0.39, 0.29) is 24.9 Å². The van der Waals surface area contributed by atoms with Crippen LogP contribution in [-0.4, -0.2) is 41.8 Å². The van der Waals surface area contributed by atoms with Crippen LogP contribution in [0.3, 0.4) is 0 Å². The summed E-state index contributed by atoms with van der Waals surface area (Å²) in [6.07, 6.45) is 3.31. The zero-order chi connectivity index (χ0) is 24.1. The molecule has 4 rings (SSSR count). The van der Waals surface area contributed by atoms with Crippen LogP contribution in [0, 0.1) is 5.92 Å². The van der Waals surface area contributed by atoms with Crippen LogP contribution < -0.4 is 10.6 Å². The minimum atomic E-state index is -1.02. The number of ether oxygens (including phenoxy) is 1. The maximum atomic E-state index is 12.6. The van der Waals surface area contributed by atoms with Crippen molar-refractivity contribution in [3.63, 3.8) is 0 Å². The van der Waals surface area contributed by atoms with E-state index in [2.05, 4.69) is 34.9 Å². The van der Waals surface area contributed by atoms with Gasteiger partial charge in [-0.1, -0.05) is 74.7 Å². The molecule has 180 valence electrons. The second kappa shape index (κ2) is 10.7. The monoisotopic (exact) mass is 464 g/mol. The molecule has 2 amide bonds. The number of nitrogens with one attached hydrogen (secondary N) is 2. The summed E-state index contributed by atoms with van der Waals surface area (Å²) in [7, 11) is 0. The van der Waals surface area contributed by atoms with Gasteiger partial charge in [0, 0.05) is 18.4 Å². The average Bonchev–Trinajstić information content (AvgIpc) is 3.58. The highest BCUT2D eigenvalue weighted by Gasteiger charge is 2.31. The van der Waals surface area contributed by atoms with Crippen molar-refractivity contribution in [2.75, 3.05) is 6.61 Å². The quantitative estimate of drug-likeness (QED) is 0.456. The second-order valence-electron chi connectivity index (χ2n) is 9.30. The first-order valence-corrected chi connectivity index (χ1v) is 12.1. The van der Waals surface area contributed by atoms with Gasteiger partial charge in [-0.15, -0.1) is 0 Å². The topological polar surface area (TPSA) is 105 Å². The number of fused-ring (bicyclic) bond motifs is 3. The number of hydrogen-bond donors (Lipinski definition) is 3. The van der Waals surface area contributed by atoms with Crippen LogP contribution in [0.15, 0.2) is 48.5 Å². The summed E-state index contributed by atoms with van der Waals surface area (Å²) in [5.41, 5.74) is 4.59. The first-order valence-electron chi connectivity index (χ1n) is 12.1. The number of amides is 2. The highest BCUT2D eigenvalue weighted by atomic mass is 16.5. The molecule has 1 unspecified atom stereocenters. The number of carboxylic acid groups (broad SMARTS) is 1. The van der Waals surface area contributed by atoms with Crippen molar-refractivity contribution in [1.29, 1.82) is 0 Å². The maximum Gasteiger partial charge on any atom is 0.407 e. The summed E-state index contributed by atoms with van der Waals surface area (Å²) in [5, 5.41) is 14.8. The number of carboxylic acids is 1. The molecule has 0 aromatic heterocycles. The van der Waals surface area contributed by atoms with E-state index in [4.69, 9.17) is 4.74 Å². The fourth-order valence-corrected chi connectivity index (χ4v) is 4.77. The molecule has 2 aromatic rings. The molecule has 3 N–H and O–H groups in total. The van der Waals surface area contributed by atoms with Gasteiger partial charge in [0.05, 0.1) is 0 Å². The van der Waals surface area contributed by atoms with E-state index in [0.29, 0.717) is 18.8 Å². The Balaban J connectivity index is 1.32. The van der Waals surface area contributed by atoms with Gasteiger partial charge in [-0.25, -0.2) is 9.59 Å². The Morgan fingerprint density at radius 1 is 1.00 bits per heavy atom. The van der Waals surface area contributed by atoms with E-state index in [9.17, 15) is 19.5 Å². The zero-order valence-corrected chi connectivity index (χ0v) is 19.5. The minimum absolute atomic E-state index is 0.0203. The number of rotatable bonds is 11. The molecule has 0 heterocycles. The average molecular weight is 465 g/mol. The first-order chi connectivity index (χ1) is 16.5. The third-order valence-electron chi connectivity index (χ3n) is 6.63. The number of carbonyl (C=O) groups excluding carboxylic acids is 2. The Kier molecular flexibility index (Phi) is 7.50. The number of alkyl carbamates (subject to hydrolysis) is 1. The van der Waals surface area contributed by atoms with Crippen molar-refractivity contribution >= 4 is 18.0 Å². The first kappa shape index (κ1) is 23.8. The van der Waals surface area contributed by atoms with Crippen LogP contribution in [0.4, 0.5) is 4.79 Å². The fourth-order valence-electron chi connectivity index (χ4n) is 4.77. The van der Waals surface area contributed by atoms with Gasteiger partial charge in [0.15, 0.2) is 0 Å². The van der Waals surface area contributed by atoms with Gasteiger partial charge in [0.2, 0.25) is 5.91 Å². The number of carbonyl (C=O) groups is 3. The molecule has 0 aliphatic heterocycles. The van der Waals surface area contributed by atoms with Crippen LogP contribution >= 0.6 is 0 Å². The lowest BCUT2D eigenvalue weighted by molar-refractivity contribution is -0.142. The van der Waals surface area contributed by atoms with Gasteiger partial charge in [-0.2, -0.15) is 0 Å².